The lowest BCUT2D eigenvalue weighted by molar-refractivity contribution is 0.0933. The third kappa shape index (κ3) is 3.29. The summed E-state index contributed by atoms with van der Waals surface area (Å²) in [4.78, 5) is 14.0. The van der Waals surface area contributed by atoms with E-state index < -0.39 is 11.6 Å². The van der Waals surface area contributed by atoms with E-state index in [4.69, 9.17) is 0 Å². The van der Waals surface area contributed by atoms with Crippen molar-refractivity contribution >= 4 is 17.5 Å². The Kier molecular flexibility index (Phi) is 4.35. The Hall–Kier alpha value is -0.940. The Morgan fingerprint density at radius 1 is 1.44 bits per heavy atom. The van der Waals surface area contributed by atoms with E-state index in [9.17, 15) is 13.6 Å². The molecule has 0 radical (unpaired) electrons. The zero-order valence-electron chi connectivity index (χ0n) is 10.2. The molecule has 0 amide bonds. The molecule has 1 fully saturated rings. The second kappa shape index (κ2) is 5.80. The summed E-state index contributed by atoms with van der Waals surface area (Å²) < 4.78 is 25.8. The minimum Gasteiger partial charge on any atom is -0.294 e. The average Bonchev–Trinajstić information content (AvgIpc) is 2.32. The van der Waals surface area contributed by atoms with Gasteiger partial charge in [-0.2, -0.15) is 11.8 Å². The van der Waals surface area contributed by atoms with Crippen LogP contribution >= 0.6 is 11.8 Å². The predicted molar refractivity (Wildman–Crippen MR) is 69.0 cm³/mol. The van der Waals surface area contributed by atoms with Crippen LogP contribution in [0.5, 0.6) is 0 Å². The molecule has 0 aliphatic carbocycles. The van der Waals surface area contributed by atoms with E-state index in [1.54, 1.807) is 0 Å². The number of thioether (sulfide) groups is 1. The molecule has 1 saturated heterocycles. The highest BCUT2D eigenvalue weighted by Crippen LogP contribution is 2.18. The van der Waals surface area contributed by atoms with E-state index in [-0.39, 0.29) is 17.9 Å². The van der Waals surface area contributed by atoms with Gasteiger partial charge in [0.05, 0.1) is 6.54 Å². The van der Waals surface area contributed by atoms with Crippen molar-refractivity contribution in [2.45, 2.75) is 12.2 Å². The molecule has 18 heavy (non-hydrogen) atoms. The summed E-state index contributed by atoms with van der Waals surface area (Å²) in [5.41, 5.74) is 0.236. The lowest BCUT2D eigenvalue weighted by Gasteiger charge is -2.29. The first-order valence-corrected chi connectivity index (χ1v) is 6.93. The quantitative estimate of drug-likeness (QED) is 0.788. The molecule has 2 nitrogen and oxygen atoms in total. The van der Waals surface area contributed by atoms with Gasteiger partial charge in [-0.1, -0.05) is 6.92 Å². The Morgan fingerprint density at radius 2 is 2.22 bits per heavy atom. The van der Waals surface area contributed by atoms with Crippen LogP contribution in [0, 0.1) is 11.6 Å². The number of benzene rings is 1. The molecule has 98 valence electrons. The second-order valence-electron chi connectivity index (χ2n) is 4.47. The monoisotopic (exact) mass is 271 g/mol. The summed E-state index contributed by atoms with van der Waals surface area (Å²) in [6, 6.07) is 3.31. The smallest absolute Gasteiger partial charge is 0.176 e. The maximum absolute atomic E-state index is 13.0. The molecule has 0 aromatic heterocycles. The Labute approximate surface area is 109 Å². The lowest BCUT2D eigenvalue weighted by atomic mass is 10.1. The summed E-state index contributed by atoms with van der Waals surface area (Å²) >= 11 is 1.89. The van der Waals surface area contributed by atoms with Crippen LogP contribution in [0.1, 0.15) is 17.3 Å². The molecule has 0 spiro atoms. The maximum Gasteiger partial charge on any atom is 0.176 e. The molecule has 0 bridgehead atoms. The van der Waals surface area contributed by atoms with Crippen molar-refractivity contribution in [3.63, 3.8) is 0 Å². The fourth-order valence-corrected chi connectivity index (χ4v) is 3.08. The maximum atomic E-state index is 13.0. The van der Waals surface area contributed by atoms with Crippen LogP contribution in [0.25, 0.3) is 0 Å². The van der Waals surface area contributed by atoms with Gasteiger partial charge >= 0.3 is 0 Å². The van der Waals surface area contributed by atoms with E-state index in [1.165, 1.54) is 6.07 Å². The van der Waals surface area contributed by atoms with Gasteiger partial charge in [-0.05, 0) is 18.2 Å². The molecule has 1 aromatic carbocycles. The van der Waals surface area contributed by atoms with Crippen LogP contribution in [-0.4, -0.2) is 41.3 Å². The third-order valence-electron chi connectivity index (χ3n) is 2.93. The van der Waals surface area contributed by atoms with E-state index in [0.717, 1.165) is 31.0 Å². The summed E-state index contributed by atoms with van der Waals surface area (Å²) in [5, 5.41) is 0.511. The second-order valence-corrected chi connectivity index (χ2v) is 6.01. The number of ketones is 1. The van der Waals surface area contributed by atoms with Crippen LogP contribution in [-0.2, 0) is 0 Å². The average molecular weight is 271 g/mol. The number of nitrogens with zero attached hydrogens (tertiary/aromatic N) is 1. The zero-order valence-corrected chi connectivity index (χ0v) is 11.0. The molecule has 1 aliphatic rings. The van der Waals surface area contributed by atoms with Gasteiger partial charge in [0.15, 0.2) is 17.4 Å². The molecule has 2 rings (SSSR count). The number of rotatable bonds is 3. The molecule has 1 aliphatic heterocycles. The Morgan fingerprint density at radius 3 is 2.89 bits per heavy atom. The van der Waals surface area contributed by atoms with Gasteiger partial charge in [0.2, 0.25) is 0 Å². The molecule has 1 atom stereocenters. The number of hydrogen-bond acceptors (Lipinski definition) is 3. The van der Waals surface area contributed by atoms with Gasteiger partial charge in [0.1, 0.15) is 0 Å². The van der Waals surface area contributed by atoms with Crippen LogP contribution < -0.4 is 0 Å². The number of carbonyl (C=O) groups excluding carboxylic acids is 1. The van der Waals surface area contributed by atoms with Crippen molar-refractivity contribution in [2.75, 3.05) is 25.4 Å². The highest BCUT2D eigenvalue weighted by atomic mass is 32.2. The zero-order chi connectivity index (χ0) is 13.1. The molecule has 0 saturated carbocycles. The normalized spacial score (nSPS) is 20.9. The van der Waals surface area contributed by atoms with Crippen molar-refractivity contribution in [1.29, 1.82) is 0 Å². The Bertz CT molecular complexity index is 453. The Balaban J connectivity index is 2.00. The van der Waals surface area contributed by atoms with E-state index >= 15 is 0 Å². The molecule has 5 heteroatoms. The molecular weight excluding hydrogens is 256 g/mol. The molecular formula is C13H15F2NOS. The summed E-state index contributed by atoms with van der Waals surface area (Å²) in [7, 11) is 0. The van der Waals surface area contributed by atoms with Crippen molar-refractivity contribution in [3.05, 3.63) is 35.4 Å². The van der Waals surface area contributed by atoms with Gasteiger partial charge in [-0.25, -0.2) is 8.78 Å². The van der Waals surface area contributed by atoms with Crippen LogP contribution in [0.2, 0.25) is 0 Å². The molecule has 0 N–H and O–H groups in total. The SMILES string of the molecule is CC1CN(CC(=O)c2ccc(F)c(F)c2)CCS1. The summed E-state index contributed by atoms with van der Waals surface area (Å²) in [6.45, 7) is 4.12. The van der Waals surface area contributed by atoms with Crippen LogP contribution in [0.4, 0.5) is 8.78 Å². The minimum atomic E-state index is -0.969. The lowest BCUT2D eigenvalue weighted by Crippen LogP contribution is -2.39. The minimum absolute atomic E-state index is 0.159. The fourth-order valence-electron chi connectivity index (χ4n) is 2.00. The number of Topliss-reactive ketones (excluding diaryl/α,β-unsaturated/α-hetero) is 1. The topological polar surface area (TPSA) is 20.3 Å². The fraction of sp³-hybridized carbons (Fsp3) is 0.462. The largest absolute Gasteiger partial charge is 0.294 e. The first-order valence-electron chi connectivity index (χ1n) is 5.88. The molecule has 1 aromatic rings. The van der Waals surface area contributed by atoms with Crippen molar-refractivity contribution in [2.24, 2.45) is 0 Å². The van der Waals surface area contributed by atoms with Gasteiger partial charge in [-0.15, -0.1) is 0 Å². The summed E-state index contributed by atoms with van der Waals surface area (Å²) in [6.07, 6.45) is 0. The highest BCUT2D eigenvalue weighted by molar-refractivity contribution is 7.99. The highest BCUT2D eigenvalue weighted by Gasteiger charge is 2.20. The van der Waals surface area contributed by atoms with Gasteiger partial charge < -0.3 is 0 Å². The first-order chi connectivity index (χ1) is 8.56. The van der Waals surface area contributed by atoms with Gasteiger partial charge in [0.25, 0.3) is 0 Å². The van der Waals surface area contributed by atoms with Crippen molar-refractivity contribution < 1.29 is 13.6 Å². The first kappa shape index (κ1) is 13.5. The summed E-state index contributed by atoms with van der Waals surface area (Å²) in [5.74, 6) is -1.04. The van der Waals surface area contributed by atoms with E-state index in [0.29, 0.717) is 5.25 Å². The van der Waals surface area contributed by atoms with Crippen molar-refractivity contribution in [1.82, 2.24) is 4.90 Å². The number of halogens is 2. The van der Waals surface area contributed by atoms with Crippen LogP contribution in [0.3, 0.4) is 0 Å². The number of carbonyl (C=O) groups is 1. The van der Waals surface area contributed by atoms with E-state index in [1.807, 2.05) is 11.8 Å². The van der Waals surface area contributed by atoms with E-state index in [2.05, 4.69) is 11.8 Å². The van der Waals surface area contributed by atoms with Crippen molar-refractivity contribution in [3.8, 4) is 0 Å². The standard InChI is InChI=1S/C13H15F2NOS/c1-9-7-16(4-5-18-9)8-13(17)10-2-3-11(14)12(15)6-10/h2-3,6,9H,4-5,7-8H2,1H3. The predicted octanol–water partition coefficient (Wildman–Crippen LogP) is 2.58. The van der Waals surface area contributed by atoms with Gasteiger partial charge in [-0.3, -0.25) is 9.69 Å². The third-order valence-corrected chi connectivity index (χ3v) is 4.07. The van der Waals surface area contributed by atoms with Gasteiger partial charge in [0, 0.05) is 29.7 Å². The molecule has 1 heterocycles. The number of hydrogen-bond donors (Lipinski definition) is 0. The molecule has 1 unspecified atom stereocenters. The van der Waals surface area contributed by atoms with Crippen LogP contribution in [0.15, 0.2) is 18.2 Å².